The van der Waals surface area contributed by atoms with Gasteiger partial charge in [0.1, 0.15) is 6.04 Å². The van der Waals surface area contributed by atoms with Gasteiger partial charge in [-0.3, -0.25) is 10.1 Å². The molecule has 1 aliphatic heterocycles. The van der Waals surface area contributed by atoms with Gasteiger partial charge in [0.05, 0.1) is 5.37 Å². The van der Waals surface area contributed by atoms with E-state index in [1.54, 1.807) is 23.1 Å². The van der Waals surface area contributed by atoms with Gasteiger partial charge in [0, 0.05) is 15.5 Å². The average Bonchev–Trinajstić information content (AvgIpc) is 2.86. The second kappa shape index (κ2) is 4.55. The average molecular weight is 243 g/mol. The van der Waals surface area contributed by atoms with Crippen LogP contribution in [0.25, 0.3) is 0 Å². The molecular formula is C10H13NO2S2. The Morgan fingerprint density at radius 2 is 2.47 bits per heavy atom. The molecule has 5 heteroatoms. The highest BCUT2D eigenvalue weighted by Crippen LogP contribution is 2.36. The van der Waals surface area contributed by atoms with Crippen LogP contribution in [0.1, 0.15) is 22.1 Å². The smallest absolute Gasteiger partial charge is 0.321 e. The van der Waals surface area contributed by atoms with Crippen molar-refractivity contribution in [1.29, 1.82) is 0 Å². The predicted octanol–water partition coefficient (Wildman–Crippen LogP) is 2.10. The zero-order valence-electron chi connectivity index (χ0n) is 8.40. The lowest BCUT2D eigenvalue weighted by atomic mass is 10.3. The van der Waals surface area contributed by atoms with E-state index in [1.807, 2.05) is 0 Å². The second-order valence-electron chi connectivity index (χ2n) is 3.43. The summed E-state index contributed by atoms with van der Waals surface area (Å²) in [5.41, 5.74) is 0. The van der Waals surface area contributed by atoms with Crippen molar-refractivity contribution in [2.45, 2.75) is 24.8 Å². The number of aliphatic carboxylic acids is 1. The first-order chi connectivity index (χ1) is 7.20. The highest BCUT2D eigenvalue weighted by molar-refractivity contribution is 7.99. The van der Waals surface area contributed by atoms with Crippen molar-refractivity contribution in [2.24, 2.45) is 0 Å². The van der Waals surface area contributed by atoms with Crippen LogP contribution in [-0.4, -0.2) is 22.9 Å². The van der Waals surface area contributed by atoms with Gasteiger partial charge in [-0.25, -0.2) is 0 Å². The quantitative estimate of drug-likeness (QED) is 0.853. The van der Waals surface area contributed by atoms with Gasteiger partial charge in [0.25, 0.3) is 0 Å². The van der Waals surface area contributed by atoms with Gasteiger partial charge in [-0.05, 0) is 18.6 Å². The molecule has 3 nitrogen and oxygen atoms in total. The SMILES string of the molecule is CCc1ccc([C@@H]2N[C@@H](C(=O)O)CS2)s1. The normalized spacial score (nSPS) is 25.7. The maximum Gasteiger partial charge on any atom is 0.321 e. The Hall–Kier alpha value is -0.520. The Labute approximate surface area is 96.9 Å². The van der Waals surface area contributed by atoms with E-state index in [4.69, 9.17) is 5.11 Å². The van der Waals surface area contributed by atoms with Crippen LogP contribution in [0.4, 0.5) is 0 Å². The van der Waals surface area contributed by atoms with Gasteiger partial charge in [-0.15, -0.1) is 23.1 Å². The topological polar surface area (TPSA) is 49.3 Å². The molecule has 0 spiro atoms. The van der Waals surface area contributed by atoms with Crippen molar-refractivity contribution >= 4 is 29.1 Å². The second-order valence-corrected chi connectivity index (χ2v) is 5.77. The number of rotatable bonds is 3. The van der Waals surface area contributed by atoms with Crippen molar-refractivity contribution in [3.8, 4) is 0 Å². The molecule has 0 unspecified atom stereocenters. The number of hydrogen-bond acceptors (Lipinski definition) is 4. The molecule has 0 aliphatic carbocycles. The third kappa shape index (κ3) is 2.35. The van der Waals surface area contributed by atoms with E-state index in [1.165, 1.54) is 9.75 Å². The van der Waals surface area contributed by atoms with E-state index in [9.17, 15) is 4.79 Å². The number of aryl methyl sites for hydroxylation is 1. The van der Waals surface area contributed by atoms with Crippen LogP contribution in [0.15, 0.2) is 12.1 Å². The lowest BCUT2D eigenvalue weighted by Gasteiger charge is -2.07. The van der Waals surface area contributed by atoms with Gasteiger partial charge >= 0.3 is 5.97 Å². The lowest BCUT2D eigenvalue weighted by Crippen LogP contribution is -2.33. The Kier molecular flexibility index (Phi) is 3.33. The van der Waals surface area contributed by atoms with Crippen molar-refractivity contribution in [3.63, 3.8) is 0 Å². The first-order valence-corrected chi connectivity index (χ1v) is 6.76. The summed E-state index contributed by atoms with van der Waals surface area (Å²) < 4.78 is 0. The van der Waals surface area contributed by atoms with Crippen molar-refractivity contribution in [1.82, 2.24) is 5.32 Å². The number of thiophene rings is 1. The highest BCUT2D eigenvalue weighted by Gasteiger charge is 2.30. The molecule has 2 heterocycles. The summed E-state index contributed by atoms with van der Waals surface area (Å²) in [7, 11) is 0. The fourth-order valence-corrected chi connectivity index (χ4v) is 3.87. The molecule has 2 rings (SSSR count). The van der Waals surface area contributed by atoms with Crippen LogP contribution in [0.2, 0.25) is 0 Å². The molecule has 0 aromatic carbocycles. The van der Waals surface area contributed by atoms with E-state index in [-0.39, 0.29) is 5.37 Å². The zero-order chi connectivity index (χ0) is 10.8. The van der Waals surface area contributed by atoms with E-state index in [0.29, 0.717) is 5.75 Å². The summed E-state index contributed by atoms with van der Waals surface area (Å²) in [4.78, 5) is 13.4. The number of carbonyl (C=O) groups is 1. The summed E-state index contributed by atoms with van der Waals surface area (Å²) in [5, 5.41) is 12.1. The molecule has 0 bridgehead atoms. The number of hydrogen-bond donors (Lipinski definition) is 2. The van der Waals surface area contributed by atoms with Crippen LogP contribution >= 0.6 is 23.1 Å². The predicted molar refractivity (Wildman–Crippen MR) is 63.5 cm³/mol. The molecule has 1 saturated heterocycles. The Balaban J connectivity index is 2.04. The fourth-order valence-electron chi connectivity index (χ4n) is 1.50. The van der Waals surface area contributed by atoms with Crippen molar-refractivity contribution in [2.75, 3.05) is 5.75 Å². The van der Waals surface area contributed by atoms with Crippen LogP contribution < -0.4 is 5.32 Å². The summed E-state index contributed by atoms with van der Waals surface area (Å²) in [6.45, 7) is 2.13. The maximum atomic E-state index is 10.8. The third-order valence-corrected chi connectivity index (χ3v) is 5.06. The summed E-state index contributed by atoms with van der Waals surface area (Å²) in [5.74, 6) is -0.100. The minimum atomic E-state index is -0.753. The highest BCUT2D eigenvalue weighted by atomic mass is 32.2. The van der Waals surface area contributed by atoms with Gasteiger partial charge < -0.3 is 5.11 Å². The van der Waals surface area contributed by atoms with Crippen LogP contribution in [0.3, 0.4) is 0 Å². The van der Waals surface area contributed by atoms with Crippen molar-refractivity contribution < 1.29 is 9.90 Å². The molecule has 15 heavy (non-hydrogen) atoms. The first kappa shape index (κ1) is 11.0. The van der Waals surface area contributed by atoms with Crippen LogP contribution in [-0.2, 0) is 11.2 Å². The molecule has 1 fully saturated rings. The van der Waals surface area contributed by atoms with E-state index in [0.717, 1.165) is 6.42 Å². The first-order valence-electron chi connectivity index (χ1n) is 4.89. The molecule has 1 aromatic heterocycles. The molecule has 1 aliphatic rings. The minimum absolute atomic E-state index is 0.163. The Morgan fingerprint density at radius 3 is 3.00 bits per heavy atom. The van der Waals surface area contributed by atoms with Crippen LogP contribution in [0, 0.1) is 0 Å². The molecule has 0 radical (unpaired) electrons. The monoisotopic (exact) mass is 243 g/mol. The summed E-state index contributed by atoms with van der Waals surface area (Å²) in [6, 6.07) is 3.82. The maximum absolute atomic E-state index is 10.8. The third-order valence-electron chi connectivity index (χ3n) is 2.37. The molecule has 2 N–H and O–H groups in total. The van der Waals surface area contributed by atoms with Crippen molar-refractivity contribution in [3.05, 3.63) is 21.9 Å². The van der Waals surface area contributed by atoms with Crippen LogP contribution in [0.5, 0.6) is 0 Å². The number of carboxylic acid groups (broad SMARTS) is 1. The molecule has 2 atom stereocenters. The Morgan fingerprint density at radius 1 is 1.67 bits per heavy atom. The van der Waals surface area contributed by atoms with Gasteiger partial charge in [0.15, 0.2) is 0 Å². The fraction of sp³-hybridized carbons (Fsp3) is 0.500. The minimum Gasteiger partial charge on any atom is -0.480 e. The number of carboxylic acids is 1. The van der Waals surface area contributed by atoms with E-state index in [2.05, 4.69) is 24.4 Å². The largest absolute Gasteiger partial charge is 0.480 e. The van der Waals surface area contributed by atoms with E-state index >= 15 is 0 Å². The number of nitrogens with one attached hydrogen (secondary N) is 1. The number of thioether (sulfide) groups is 1. The zero-order valence-corrected chi connectivity index (χ0v) is 10.0. The lowest BCUT2D eigenvalue weighted by molar-refractivity contribution is -0.138. The standard InChI is InChI=1S/C10H13NO2S2/c1-2-6-3-4-8(15-6)9-11-7(5-14-9)10(12)13/h3-4,7,9,11H,2,5H2,1H3,(H,12,13)/t7-,9-/m1/s1. The summed E-state index contributed by atoms with van der Waals surface area (Å²) >= 11 is 3.44. The molecule has 0 saturated carbocycles. The van der Waals surface area contributed by atoms with Gasteiger partial charge in [-0.2, -0.15) is 0 Å². The molecule has 82 valence electrons. The molecule has 0 amide bonds. The van der Waals surface area contributed by atoms with E-state index < -0.39 is 12.0 Å². The molecular weight excluding hydrogens is 230 g/mol. The summed E-state index contributed by atoms with van der Waals surface area (Å²) in [6.07, 6.45) is 1.05. The van der Waals surface area contributed by atoms with Gasteiger partial charge in [-0.1, -0.05) is 6.92 Å². The Bertz CT molecular complexity index is 364. The van der Waals surface area contributed by atoms with Gasteiger partial charge in [0.2, 0.25) is 0 Å². The molecule has 1 aromatic rings.